The van der Waals surface area contributed by atoms with Crippen molar-refractivity contribution in [3.05, 3.63) is 23.8 Å². The van der Waals surface area contributed by atoms with Gasteiger partial charge in [-0.2, -0.15) is 0 Å². The van der Waals surface area contributed by atoms with Gasteiger partial charge >= 0.3 is 5.97 Å². The standard InChI is InChI=1S/C19H24N2O6/c1-3-17(22)20-11-4-7-15-13(8-11)19(25)21(2)14-6-5-12(9-18(23)24)27-16(14)10-26-15/h4,7-8,12,14,16H,3,5-6,9-10H2,1-2H3,(H,20,22)(H,23,24)/t12-,14+,16+/m1/s1. The van der Waals surface area contributed by atoms with E-state index in [1.54, 1.807) is 37.1 Å². The first-order valence-corrected chi connectivity index (χ1v) is 9.10. The molecule has 8 nitrogen and oxygen atoms in total. The number of likely N-dealkylation sites (N-methyl/N-ethyl adjacent to an activating group) is 1. The number of hydrogen-bond acceptors (Lipinski definition) is 5. The van der Waals surface area contributed by atoms with Gasteiger partial charge in [-0.25, -0.2) is 0 Å². The minimum Gasteiger partial charge on any atom is -0.490 e. The highest BCUT2D eigenvalue weighted by molar-refractivity contribution is 5.99. The highest BCUT2D eigenvalue weighted by atomic mass is 16.5. The predicted octanol–water partition coefficient (Wildman–Crippen LogP) is 1.89. The summed E-state index contributed by atoms with van der Waals surface area (Å²) in [5, 5.41) is 11.7. The Morgan fingerprint density at radius 2 is 2.11 bits per heavy atom. The first-order chi connectivity index (χ1) is 12.9. The van der Waals surface area contributed by atoms with Gasteiger partial charge < -0.3 is 24.8 Å². The number of amides is 2. The molecule has 0 spiro atoms. The predicted molar refractivity (Wildman–Crippen MR) is 96.9 cm³/mol. The van der Waals surface area contributed by atoms with E-state index in [2.05, 4.69) is 5.32 Å². The van der Waals surface area contributed by atoms with Crippen LogP contribution in [-0.4, -0.2) is 59.7 Å². The molecule has 2 aliphatic heterocycles. The van der Waals surface area contributed by atoms with Crippen LogP contribution >= 0.6 is 0 Å². The van der Waals surface area contributed by atoms with Crippen molar-refractivity contribution in [2.75, 3.05) is 19.0 Å². The van der Waals surface area contributed by atoms with Gasteiger partial charge in [-0.3, -0.25) is 14.4 Å². The minimum absolute atomic E-state index is 0.0576. The molecule has 146 valence electrons. The Balaban J connectivity index is 1.82. The fourth-order valence-corrected chi connectivity index (χ4v) is 3.55. The van der Waals surface area contributed by atoms with Crippen LogP contribution in [0.25, 0.3) is 0 Å². The zero-order chi connectivity index (χ0) is 19.6. The molecule has 1 fully saturated rings. The average Bonchev–Trinajstić information content (AvgIpc) is 2.64. The van der Waals surface area contributed by atoms with Crippen molar-refractivity contribution in [1.82, 2.24) is 4.90 Å². The Bertz CT molecular complexity index is 750. The van der Waals surface area contributed by atoms with Crippen LogP contribution in [0, 0.1) is 0 Å². The van der Waals surface area contributed by atoms with E-state index >= 15 is 0 Å². The molecule has 0 unspecified atom stereocenters. The highest BCUT2D eigenvalue weighted by Gasteiger charge is 2.39. The quantitative estimate of drug-likeness (QED) is 0.831. The van der Waals surface area contributed by atoms with Crippen LogP contribution in [-0.2, 0) is 14.3 Å². The molecule has 2 heterocycles. The lowest BCUT2D eigenvalue weighted by atomic mass is 9.94. The lowest BCUT2D eigenvalue weighted by Crippen LogP contribution is -2.53. The summed E-state index contributed by atoms with van der Waals surface area (Å²) in [6.45, 7) is 1.98. The van der Waals surface area contributed by atoms with Crippen molar-refractivity contribution >= 4 is 23.5 Å². The van der Waals surface area contributed by atoms with E-state index in [0.717, 1.165) is 0 Å². The molecule has 3 rings (SSSR count). The molecule has 0 bridgehead atoms. The Kier molecular flexibility index (Phi) is 5.65. The molecule has 0 aliphatic carbocycles. The van der Waals surface area contributed by atoms with E-state index in [-0.39, 0.29) is 43.1 Å². The van der Waals surface area contributed by atoms with Crippen molar-refractivity contribution in [1.29, 1.82) is 0 Å². The van der Waals surface area contributed by atoms with Gasteiger partial charge in [0.05, 0.1) is 24.1 Å². The number of benzene rings is 1. The molecule has 0 saturated carbocycles. The van der Waals surface area contributed by atoms with Crippen LogP contribution in [0.1, 0.15) is 43.0 Å². The number of carbonyl (C=O) groups is 3. The number of anilines is 1. The monoisotopic (exact) mass is 376 g/mol. The molecular weight excluding hydrogens is 352 g/mol. The zero-order valence-corrected chi connectivity index (χ0v) is 15.4. The molecule has 2 N–H and O–H groups in total. The van der Waals surface area contributed by atoms with Crippen molar-refractivity contribution in [3.63, 3.8) is 0 Å². The molecule has 1 aromatic carbocycles. The molecule has 2 aliphatic rings. The second-order valence-electron chi connectivity index (χ2n) is 6.88. The first kappa shape index (κ1) is 19.2. The van der Waals surface area contributed by atoms with Crippen molar-refractivity contribution in [2.45, 2.75) is 50.9 Å². The van der Waals surface area contributed by atoms with Gasteiger partial charge in [0.15, 0.2) is 0 Å². The van der Waals surface area contributed by atoms with E-state index in [9.17, 15) is 14.4 Å². The third-order valence-corrected chi connectivity index (χ3v) is 5.02. The summed E-state index contributed by atoms with van der Waals surface area (Å²) < 4.78 is 11.7. The summed E-state index contributed by atoms with van der Waals surface area (Å²) in [6.07, 6.45) is 0.754. The average molecular weight is 376 g/mol. The molecule has 8 heteroatoms. The second-order valence-corrected chi connectivity index (χ2v) is 6.88. The van der Waals surface area contributed by atoms with Crippen molar-refractivity contribution in [2.24, 2.45) is 0 Å². The Morgan fingerprint density at radius 1 is 1.33 bits per heavy atom. The Hall–Kier alpha value is -2.61. The summed E-state index contributed by atoms with van der Waals surface area (Å²) in [7, 11) is 1.72. The second kappa shape index (κ2) is 7.96. The molecule has 3 atom stereocenters. The molecule has 0 aromatic heterocycles. The largest absolute Gasteiger partial charge is 0.490 e. The SMILES string of the molecule is CCC(=O)Nc1ccc2c(c1)C(=O)N(C)[C@H]1CC[C@H](CC(=O)O)O[C@H]1CO2. The summed E-state index contributed by atoms with van der Waals surface area (Å²) in [6, 6.07) is 4.78. The van der Waals surface area contributed by atoms with Crippen LogP contribution in [0.4, 0.5) is 5.69 Å². The number of aliphatic carboxylic acids is 1. The molecular formula is C19H24N2O6. The lowest BCUT2D eigenvalue weighted by molar-refractivity contribution is -0.148. The smallest absolute Gasteiger partial charge is 0.305 e. The van der Waals surface area contributed by atoms with Crippen LogP contribution in [0.15, 0.2) is 18.2 Å². The van der Waals surface area contributed by atoms with Crippen molar-refractivity contribution < 1.29 is 29.0 Å². The van der Waals surface area contributed by atoms with Gasteiger partial charge in [0.2, 0.25) is 5.91 Å². The summed E-state index contributed by atoms with van der Waals surface area (Å²) in [5.74, 6) is -0.828. The molecule has 27 heavy (non-hydrogen) atoms. The van der Waals surface area contributed by atoms with E-state index in [1.807, 2.05) is 0 Å². The van der Waals surface area contributed by atoms with Crippen molar-refractivity contribution in [3.8, 4) is 5.75 Å². The third kappa shape index (κ3) is 4.21. The zero-order valence-electron chi connectivity index (χ0n) is 15.4. The van der Waals surface area contributed by atoms with E-state index in [0.29, 0.717) is 36.3 Å². The molecule has 1 saturated heterocycles. The molecule has 2 amide bonds. The van der Waals surface area contributed by atoms with Crippen LogP contribution in [0.5, 0.6) is 5.75 Å². The fourth-order valence-electron chi connectivity index (χ4n) is 3.55. The van der Waals surface area contributed by atoms with Gasteiger partial charge in [0, 0.05) is 19.2 Å². The number of rotatable bonds is 4. The number of carboxylic acid groups (broad SMARTS) is 1. The maximum absolute atomic E-state index is 13.0. The number of carbonyl (C=O) groups excluding carboxylic acids is 2. The van der Waals surface area contributed by atoms with Gasteiger partial charge in [-0.15, -0.1) is 0 Å². The van der Waals surface area contributed by atoms with E-state index < -0.39 is 5.97 Å². The number of carboxylic acids is 1. The van der Waals surface area contributed by atoms with Crippen LogP contribution in [0.2, 0.25) is 0 Å². The van der Waals surface area contributed by atoms with Crippen LogP contribution < -0.4 is 10.1 Å². The van der Waals surface area contributed by atoms with Gasteiger partial charge in [-0.1, -0.05) is 6.92 Å². The normalized spacial score (nSPS) is 24.7. The summed E-state index contributed by atoms with van der Waals surface area (Å²) in [4.78, 5) is 37.2. The number of nitrogens with zero attached hydrogens (tertiary/aromatic N) is 1. The van der Waals surface area contributed by atoms with E-state index in [1.165, 1.54) is 0 Å². The number of ether oxygens (including phenoxy) is 2. The topological polar surface area (TPSA) is 105 Å². The van der Waals surface area contributed by atoms with Gasteiger partial charge in [0.25, 0.3) is 5.91 Å². The third-order valence-electron chi connectivity index (χ3n) is 5.02. The number of nitrogens with one attached hydrogen (secondary N) is 1. The maximum atomic E-state index is 13.0. The fraction of sp³-hybridized carbons (Fsp3) is 0.526. The number of fused-ring (bicyclic) bond motifs is 2. The lowest BCUT2D eigenvalue weighted by Gasteiger charge is -2.42. The molecule has 0 radical (unpaired) electrons. The molecule has 1 aromatic rings. The summed E-state index contributed by atoms with van der Waals surface area (Å²) >= 11 is 0. The Morgan fingerprint density at radius 3 is 2.81 bits per heavy atom. The van der Waals surface area contributed by atoms with Gasteiger partial charge in [-0.05, 0) is 31.0 Å². The van der Waals surface area contributed by atoms with Gasteiger partial charge in [0.1, 0.15) is 18.5 Å². The van der Waals surface area contributed by atoms with Crippen LogP contribution in [0.3, 0.4) is 0 Å². The Labute approximate surface area is 157 Å². The maximum Gasteiger partial charge on any atom is 0.305 e. The summed E-state index contributed by atoms with van der Waals surface area (Å²) in [5.41, 5.74) is 0.932. The van der Waals surface area contributed by atoms with E-state index in [4.69, 9.17) is 14.6 Å². The highest BCUT2D eigenvalue weighted by Crippen LogP contribution is 2.32. The first-order valence-electron chi connectivity index (χ1n) is 9.10. The minimum atomic E-state index is -0.901. The number of hydrogen-bond donors (Lipinski definition) is 2.